The molecule has 0 aromatic carbocycles. The summed E-state index contributed by atoms with van der Waals surface area (Å²) in [5, 5.41) is 0. The zero-order chi connectivity index (χ0) is 14.3. The second-order valence-electron chi connectivity index (χ2n) is 3.52. The van der Waals surface area contributed by atoms with Crippen molar-refractivity contribution < 1.29 is 38.1 Å². The van der Waals surface area contributed by atoms with Crippen LogP contribution in [0.2, 0.25) is 0 Å². The maximum atomic E-state index is 10.5. The maximum Gasteiger partial charge on any atom is 0.293 e. The lowest BCUT2D eigenvalue weighted by Crippen LogP contribution is -2.61. The third kappa shape index (κ3) is 3.55. The van der Waals surface area contributed by atoms with E-state index in [-0.39, 0.29) is 25.3 Å². The normalized spacial score (nSPS) is 34.1. The van der Waals surface area contributed by atoms with Gasteiger partial charge in [0.25, 0.3) is 19.4 Å². The van der Waals surface area contributed by atoms with Crippen LogP contribution in [-0.2, 0) is 38.1 Å². The minimum Gasteiger partial charge on any atom is -0.458 e. The van der Waals surface area contributed by atoms with Gasteiger partial charge in [0.05, 0.1) is 5.88 Å². The first-order chi connectivity index (χ1) is 9.23. The SMILES string of the molecule is CO[C@H]1O[C@H](CCl)[C@@H](OC=O)[C@H](OC=O)[C@H]1OC=O. The molecule has 0 amide bonds. The van der Waals surface area contributed by atoms with E-state index in [1.807, 2.05) is 0 Å². The molecule has 0 N–H and O–H groups in total. The molecular weight excluding hydrogens is 284 g/mol. The largest absolute Gasteiger partial charge is 0.458 e. The van der Waals surface area contributed by atoms with E-state index in [1.54, 1.807) is 0 Å². The third-order valence-electron chi connectivity index (χ3n) is 2.61. The van der Waals surface area contributed by atoms with Crippen LogP contribution in [0.25, 0.3) is 0 Å². The van der Waals surface area contributed by atoms with E-state index < -0.39 is 30.7 Å². The van der Waals surface area contributed by atoms with Crippen molar-refractivity contribution in [3.63, 3.8) is 0 Å². The molecule has 0 spiro atoms. The van der Waals surface area contributed by atoms with Crippen molar-refractivity contribution in [2.24, 2.45) is 0 Å². The molecule has 1 rings (SSSR count). The number of hydrogen-bond donors (Lipinski definition) is 0. The van der Waals surface area contributed by atoms with Crippen molar-refractivity contribution in [2.75, 3.05) is 13.0 Å². The van der Waals surface area contributed by atoms with Gasteiger partial charge in [-0.1, -0.05) is 0 Å². The molecule has 1 aliphatic heterocycles. The number of ether oxygens (including phenoxy) is 5. The summed E-state index contributed by atoms with van der Waals surface area (Å²) in [4.78, 5) is 31.5. The second kappa shape index (κ2) is 7.93. The molecule has 0 radical (unpaired) electrons. The Hall–Kier alpha value is -1.38. The van der Waals surface area contributed by atoms with Crippen LogP contribution >= 0.6 is 11.6 Å². The van der Waals surface area contributed by atoms with Gasteiger partial charge >= 0.3 is 0 Å². The zero-order valence-electron chi connectivity index (χ0n) is 9.97. The lowest BCUT2D eigenvalue weighted by molar-refractivity contribution is -0.288. The molecule has 0 bridgehead atoms. The lowest BCUT2D eigenvalue weighted by Gasteiger charge is -2.42. The van der Waals surface area contributed by atoms with Gasteiger partial charge in [0.2, 0.25) is 0 Å². The number of methoxy groups -OCH3 is 1. The van der Waals surface area contributed by atoms with E-state index in [4.69, 9.17) is 35.3 Å². The molecule has 1 fully saturated rings. The average molecular weight is 297 g/mol. The van der Waals surface area contributed by atoms with Crippen LogP contribution in [0, 0.1) is 0 Å². The highest BCUT2D eigenvalue weighted by Gasteiger charge is 2.50. The highest BCUT2D eigenvalue weighted by molar-refractivity contribution is 6.18. The van der Waals surface area contributed by atoms with Crippen molar-refractivity contribution in [1.82, 2.24) is 0 Å². The number of carbonyl (C=O) groups excluding carboxylic acids is 3. The standard InChI is InChI=1S/C10H13ClO8/c1-15-10-9(18-5-14)8(17-4-13)7(16-3-12)6(2-11)19-10/h3-10H,2H2,1H3/t6-,7-,8+,9-,10+/m1/s1. The van der Waals surface area contributed by atoms with Gasteiger partial charge in [0, 0.05) is 7.11 Å². The minimum absolute atomic E-state index is 0.0368. The quantitative estimate of drug-likeness (QED) is 0.327. The van der Waals surface area contributed by atoms with E-state index in [2.05, 4.69) is 0 Å². The highest BCUT2D eigenvalue weighted by Crippen LogP contribution is 2.28. The smallest absolute Gasteiger partial charge is 0.293 e. The molecule has 1 aliphatic rings. The Labute approximate surface area is 113 Å². The van der Waals surface area contributed by atoms with E-state index in [0.29, 0.717) is 0 Å². The van der Waals surface area contributed by atoms with E-state index in [9.17, 15) is 14.4 Å². The molecule has 5 atom stereocenters. The predicted molar refractivity (Wildman–Crippen MR) is 59.2 cm³/mol. The summed E-state index contributed by atoms with van der Waals surface area (Å²) in [7, 11) is 1.32. The fourth-order valence-electron chi connectivity index (χ4n) is 1.85. The Morgan fingerprint density at radius 2 is 1.53 bits per heavy atom. The van der Waals surface area contributed by atoms with Crippen LogP contribution in [0.4, 0.5) is 0 Å². The minimum atomic E-state index is -1.07. The molecule has 8 nitrogen and oxygen atoms in total. The van der Waals surface area contributed by atoms with Crippen LogP contribution < -0.4 is 0 Å². The van der Waals surface area contributed by atoms with Crippen molar-refractivity contribution in [3.8, 4) is 0 Å². The van der Waals surface area contributed by atoms with Crippen molar-refractivity contribution in [1.29, 1.82) is 0 Å². The van der Waals surface area contributed by atoms with Crippen molar-refractivity contribution in [2.45, 2.75) is 30.7 Å². The first-order valence-corrected chi connectivity index (χ1v) is 5.78. The molecule has 9 heteroatoms. The lowest BCUT2D eigenvalue weighted by atomic mass is 9.99. The van der Waals surface area contributed by atoms with Crippen molar-refractivity contribution >= 4 is 31.0 Å². The Kier molecular flexibility index (Phi) is 6.54. The highest BCUT2D eigenvalue weighted by atomic mass is 35.5. The van der Waals surface area contributed by atoms with Gasteiger partial charge in [-0.25, -0.2) is 0 Å². The van der Waals surface area contributed by atoms with Gasteiger partial charge < -0.3 is 23.7 Å². The summed E-state index contributed by atoms with van der Waals surface area (Å²) in [6, 6.07) is 0. The Balaban J connectivity index is 3.00. The summed E-state index contributed by atoms with van der Waals surface area (Å²) in [6.07, 6.45) is -4.91. The molecule has 0 aromatic heterocycles. The fraction of sp³-hybridized carbons (Fsp3) is 0.700. The van der Waals surface area contributed by atoms with Gasteiger partial charge in [-0.2, -0.15) is 0 Å². The summed E-state index contributed by atoms with van der Waals surface area (Å²) in [5.74, 6) is -0.0368. The van der Waals surface area contributed by atoms with Crippen LogP contribution in [0.15, 0.2) is 0 Å². The molecular formula is C10H13ClO8. The van der Waals surface area contributed by atoms with Crippen LogP contribution in [0.5, 0.6) is 0 Å². The Bertz CT molecular complexity index is 288. The van der Waals surface area contributed by atoms with E-state index in [1.165, 1.54) is 7.11 Å². The van der Waals surface area contributed by atoms with Crippen LogP contribution in [-0.4, -0.2) is 63.1 Å². The van der Waals surface area contributed by atoms with Gasteiger partial charge in [-0.15, -0.1) is 11.6 Å². The molecule has 108 valence electrons. The average Bonchev–Trinajstić information content (AvgIpc) is 2.43. The van der Waals surface area contributed by atoms with Gasteiger partial charge in [-0.3, -0.25) is 14.4 Å². The number of hydrogen-bond acceptors (Lipinski definition) is 8. The second-order valence-corrected chi connectivity index (χ2v) is 3.83. The number of rotatable bonds is 8. The third-order valence-corrected chi connectivity index (χ3v) is 2.92. The summed E-state index contributed by atoms with van der Waals surface area (Å²) in [6.45, 7) is 0.469. The number of alkyl halides is 1. The first-order valence-electron chi connectivity index (χ1n) is 5.25. The van der Waals surface area contributed by atoms with Gasteiger partial charge in [0.1, 0.15) is 6.10 Å². The fourth-order valence-corrected chi connectivity index (χ4v) is 2.10. The molecule has 0 saturated carbocycles. The van der Waals surface area contributed by atoms with Crippen LogP contribution in [0.3, 0.4) is 0 Å². The molecule has 19 heavy (non-hydrogen) atoms. The van der Waals surface area contributed by atoms with E-state index in [0.717, 1.165) is 0 Å². The summed E-state index contributed by atoms with van der Waals surface area (Å²) in [5.41, 5.74) is 0. The predicted octanol–water partition coefficient (Wildman–Crippen LogP) is -0.779. The molecule has 1 saturated heterocycles. The molecule has 1 heterocycles. The Morgan fingerprint density at radius 1 is 1.00 bits per heavy atom. The number of halogens is 1. The maximum absolute atomic E-state index is 10.5. The molecule has 0 aromatic rings. The first kappa shape index (κ1) is 15.7. The topological polar surface area (TPSA) is 97.4 Å². The summed E-state index contributed by atoms with van der Waals surface area (Å²) >= 11 is 5.69. The molecule has 0 aliphatic carbocycles. The monoisotopic (exact) mass is 296 g/mol. The van der Waals surface area contributed by atoms with Gasteiger partial charge in [0.15, 0.2) is 24.6 Å². The molecule has 0 unspecified atom stereocenters. The van der Waals surface area contributed by atoms with E-state index >= 15 is 0 Å². The summed E-state index contributed by atoms with van der Waals surface area (Å²) < 4.78 is 24.7. The number of carbonyl (C=O) groups is 3. The van der Waals surface area contributed by atoms with Crippen molar-refractivity contribution in [3.05, 3.63) is 0 Å². The van der Waals surface area contributed by atoms with Gasteiger partial charge in [-0.05, 0) is 0 Å². The van der Waals surface area contributed by atoms with Crippen LogP contribution in [0.1, 0.15) is 0 Å². The zero-order valence-corrected chi connectivity index (χ0v) is 10.7. The Morgan fingerprint density at radius 3 is 2.00 bits per heavy atom.